The maximum atomic E-state index is 14.4. The average Bonchev–Trinajstić information content (AvgIpc) is 3.90. The number of carboxylic acid groups (broad SMARTS) is 3. The molecule has 5 rings (SSSR count). The van der Waals surface area contributed by atoms with Crippen molar-refractivity contribution in [3.63, 3.8) is 0 Å². The molecule has 414 valence electrons. The molecule has 76 heavy (non-hydrogen) atoms. The van der Waals surface area contributed by atoms with Crippen LogP contribution >= 0.6 is 0 Å². The summed E-state index contributed by atoms with van der Waals surface area (Å²) in [6.45, 7) is 3.70. The third-order valence-electron chi connectivity index (χ3n) is 13.3. The molecule has 26 heteroatoms. The van der Waals surface area contributed by atoms with Gasteiger partial charge in [0, 0.05) is 52.6 Å². The lowest BCUT2D eigenvalue weighted by Crippen LogP contribution is -2.59. The number of carbonyl (C=O) groups excluding carboxylic acids is 8. The van der Waals surface area contributed by atoms with Gasteiger partial charge in [-0.05, 0) is 47.4 Å². The van der Waals surface area contributed by atoms with Gasteiger partial charge in [-0.3, -0.25) is 62.5 Å². The quantitative estimate of drug-likeness (QED) is 0.0274. The summed E-state index contributed by atoms with van der Waals surface area (Å²) in [5.74, 6) is -9.20. The summed E-state index contributed by atoms with van der Waals surface area (Å²) in [6.07, 6.45) is -1.66. The van der Waals surface area contributed by atoms with E-state index in [0.29, 0.717) is 56.8 Å². The fourth-order valence-electron chi connectivity index (χ4n) is 9.13. The van der Waals surface area contributed by atoms with Crippen molar-refractivity contribution >= 4 is 70.9 Å². The number of aliphatic carboxylic acids is 3. The molecule has 2 unspecified atom stereocenters. The molecule has 0 bridgehead atoms. The summed E-state index contributed by atoms with van der Waals surface area (Å²) in [4.78, 5) is 144. The monoisotopic (exact) mass is 1060 g/mol. The number of aliphatic hydroxyl groups excluding tert-OH is 1. The second-order valence-corrected chi connectivity index (χ2v) is 18.9. The largest absolute Gasteiger partial charge is 0.481 e. The number of likely N-dealkylation sites (N-methyl/N-ethyl adjacent to an activating group) is 1. The van der Waals surface area contributed by atoms with Crippen LogP contribution in [-0.4, -0.2) is 191 Å². The molecular formula is C50H68N10O16. The molecule has 2 aromatic rings. The molecule has 26 nitrogen and oxygen atoms in total. The minimum atomic E-state index is -1.55. The third kappa shape index (κ3) is 17.3. The molecule has 1 fully saturated rings. The predicted molar refractivity (Wildman–Crippen MR) is 268 cm³/mol. The van der Waals surface area contributed by atoms with Gasteiger partial charge in [-0.2, -0.15) is 0 Å². The van der Waals surface area contributed by atoms with Crippen LogP contribution < -0.4 is 42.1 Å². The van der Waals surface area contributed by atoms with Crippen molar-refractivity contribution in [2.24, 2.45) is 5.92 Å². The van der Waals surface area contributed by atoms with Gasteiger partial charge in [-0.15, -0.1) is 0 Å². The zero-order valence-electron chi connectivity index (χ0n) is 42.6. The Morgan fingerprint density at radius 1 is 0.789 bits per heavy atom. The van der Waals surface area contributed by atoms with Gasteiger partial charge in [0.2, 0.25) is 47.6 Å². The van der Waals surface area contributed by atoms with E-state index in [1.165, 1.54) is 11.9 Å². The SMILES string of the molecule is CC[C@H](C)[C@@H](C(=O)N[C@H]1CCc2cccc3c2N(C1=O)[C@H](C(=O)NC1CC(=O)OC1O)C3)N(C)C(=O)CNC(=O)CNC(=O)[C@H](CCC(=O)O)NC(=O)Cc1ccc(CNCCN(CCNCC(=O)O)CC(=O)O)cc1. The van der Waals surface area contributed by atoms with Crippen molar-refractivity contribution in [2.75, 3.05) is 64.3 Å². The molecule has 3 aliphatic rings. The Balaban J connectivity index is 1.10. The molecule has 0 aliphatic carbocycles. The number of aliphatic hydroxyl groups is 1. The highest BCUT2D eigenvalue weighted by Crippen LogP contribution is 2.39. The van der Waals surface area contributed by atoms with Gasteiger partial charge < -0.3 is 67.3 Å². The first kappa shape index (κ1) is 59.3. The van der Waals surface area contributed by atoms with Crippen LogP contribution in [0.4, 0.5) is 5.69 Å². The number of benzene rings is 2. The van der Waals surface area contributed by atoms with Crippen LogP contribution in [-0.2, 0) is 83.3 Å². The molecule has 0 spiro atoms. The maximum absolute atomic E-state index is 14.4. The molecule has 1 saturated heterocycles. The summed E-state index contributed by atoms with van der Waals surface area (Å²) in [5, 5.41) is 56.1. The number of carboxylic acids is 3. The van der Waals surface area contributed by atoms with E-state index in [1.807, 2.05) is 19.1 Å². The Labute approximate surface area is 438 Å². The van der Waals surface area contributed by atoms with E-state index in [2.05, 4.69) is 37.2 Å². The smallest absolute Gasteiger partial charge is 0.317 e. The van der Waals surface area contributed by atoms with E-state index in [-0.39, 0.29) is 45.2 Å². The lowest BCUT2D eigenvalue weighted by molar-refractivity contribution is -0.155. The number of carbonyl (C=O) groups is 11. The number of esters is 1. The van der Waals surface area contributed by atoms with E-state index in [4.69, 9.17) is 9.84 Å². The predicted octanol–water partition coefficient (Wildman–Crippen LogP) is -3.03. The maximum Gasteiger partial charge on any atom is 0.317 e. The van der Waals surface area contributed by atoms with Gasteiger partial charge in [-0.1, -0.05) is 62.7 Å². The number of anilines is 1. The van der Waals surface area contributed by atoms with Crippen LogP contribution in [0.1, 0.15) is 68.2 Å². The molecule has 11 N–H and O–H groups in total. The van der Waals surface area contributed by atoms with E-state index in [1.54, 1.807) is 42.2 Å². The number of ether oxygens (including phenoxy) is 1. The van der Waals surface area contributed by atoms with E-state index in [0.717, 1.165) is 21.6 Å². The first-order valence-corrected chi connectivity index (χ1v) is 25.0. The Kier molecular flexibility index (Phi) is 22.2. The van der Waals surface area contributed by atoms with Crippen molar-refractivity contribution in [3.8, 4) is 0 Å². The molecule has 0 radical (unpaired) electrons. The number of para-hydroxylation sites is 1. The number of hydrogen-bond acceptors (Lipinski definition) is 16. The van der Waals surface area contributed by atoms with Gasteiger partial charge >= 0.3 is 23.9 Å². The Morgan fingerprint density at radius 2 is 1.47 bits per heavy atom. The summed E-state index contributed by atoms with van der Waals surface area (Å²) in [6, 6.07) is 6.71. The number of amides is 7. The minimum absolute atomic E-state index is 0.144. The minimum Gasteiger partial charge on any atom is -0.481 e. The highest BCUT2D eigenvalue weighted by atomic mass is 16.6. The first-order valence-electron chi connectivity index (χ1n) is 25.0. The van der Waals surface area contributed by atoms with Crippen LogP contribution in [0.3, 0.4) is 0 Å². The number of nitrogens with zero attached hydrogens (tertiary/aromatic N) is 3. The molecule has 0 saturated carbocycles. The normalized spacial score (nSPS) is 18.8. The lowest BCUT2D eigenvalue weighted by Gasteiger charge is -2.33. The Bertz CT molecular complexity index is 2480. The Morgan fingerprint density at radius 3 is 2.12 bits per heavy atom. The average molecular weight is 1070 g/mol. The molecule has 0 aromatic heterocycles. The number of rotatable bonds is 30. The first-order chi connectivity index (χ1) is 36.1. The van der Waals surface area contributed by atoms with Crippen LogP contribution in [0.2, 0.25) is 0 Å². The lowest BCUT2D eigenvalue weighted by atomic mass is 9.96. The van der Waals surface area contributed by atoms with Gasteiger partial charge in [0.1, 0.15) is 30.2 Å². The molecule has 3 heterocycles. The number of hydrogen-bond donors (Lipinski definition) is 11. The van der Waals surface area contributed by atoms with Crippen molar-refractivity contribution in [2.45, 2.75) is 108 Å². The molecular weight excluding hydrogens is 997 g/mol. The molecule has 2 aromatic carbocycles. The highest BCUT2D eigenvalue weighted by molar-refractivity contribution is 6.08. The van der Waals surface area contributed by atoms with Gasteiger partial charge in [-0.25, -0.2) is 0 Å². The molecule has 7 atom stereocenters. The number of cyclic esters (lactones) is 1. The van der Waals surface area contributed by atoms with Crippen molar-refractivity contribution < 1.29 is 77.9 Å². The number of aryl methyl sites for hydroxylation is 1. The topological polar surface area (TPSA) is 372 Å². The second kappa shape index (κ2) is 28.4. The van der Waals surface area contributed by atoms with Crippen molar-refractivity contribution in [3.05, 3.63) is 64.7 Å². The van der Waals surface area contributed by atoms with Gasteiger partial charge in [0.25, 0.3) is 0 Å². The standard InChI is InChI=1S/C50H68N10O16/c1-4-28(2)44(48(73)56-34-13-12-31-6-5-7-32-21-36(60(45(31)32)49(34)74)47(72)57-35-22-43(70)76-50(35)75)58(3)39(63)25-53-38(62)24-54-46(71)33(14-15-40(64)65)55-37(61)20-29-8-10-30(11-9-29)23-51-16-18-59(27-42(68)69)19-17-52-26-41(66)67/h5-11,28,33-36,44,50-52,75H,4,12-27H2,1-3H3,(H,53,62)(H,54,71)(H,55,61)(H,56,73)(H,57,72)(H,64,65)(H,66,67)(H,68,69)/t28-,33-,34-,35?,36-,44-,50?/m0/s1. The van der Waals surface area contributed by atoms with Crippen molar-refractivity contribution in [1.29, 1.82) is 0 Å². The van der Waals surface area contributed by atoms with Crippen LogP contribution in [0.15, 0.2) is 42.5 Å². The fourth-order valence-corrected chi connectivity index (χ4v) is 9.13. The molecule has 7 amide bonds. The van der Waals surface area contributed by atoms with E-state index < -0.39 is 127 Å². The fraction of sp³-hybridized carbons (Fsp3) is 0.540. The van der Waals surface area contributed by atoms with E-state index >= 15 is 0 Å². The van der Waals surface area contributed by atoms with E-state index in [9.17, 15) is 68.1 Å². The zero-order chi connectivity index (χ0) is 55.6. The van der Waals surface area contributed by atoms with Crippen molar-refractivity contribution in [1.82, 2.24) is 47.0 Å². The van der Waals surface area contributed by atoms with Crippen LogP contribution in [0, 0.1) is 5.92 Å². The highest BCUT2D eigenvalue weighted by Gasteiger charge is 2.46. The summed E-state index contributed by atoms with van der Waals surface area (Å²) in [5.41, 5.74) is 3.49. The van der Waals surface area contributed by atoms with Crippen LogP contribution in [0.5, 0.6) is 0 Å². The molecule has 3 aliphatic heterocycles. The van der Waals surface area contributed by atoms with Crippen LogP contribution in [0.25, 0.3) is 0 Å². The second-order valence-electron chi connectivity index (χ2n) is 18.9. The number of nitrogens with one attached hydrogen (secondary N) is 7. The summed E-state index contributed by atoms with van der Waals surface area (Å²) < 4.78 is 4.76. The third-order valence-corrected chi connectivity index (χ3v) is 13.3. The summed E-state index contributed by atoms with van der Waals surface area (Å²) >= 11 is 0. The van der Waals surface area contributed by atoms with Gasteiger partial charge in [0.05, 0.1) is 44.7 Å². The van der Waals surface area contributed by atoms with Gasteiger partial charge in [0.15, 0.2) is 0 Å². The summed E-state index contributed by atoms with van der Waals surface area (Å²) in [7, 11) is 1.37. The Hall–Kier alpha value is -7.55. The zero-order valence-corrected chi connectivity index (χ0v) is 42.6.